The molecule has 0 aromatic heterocycles. The molecule has 16 nitrogen and oxygen atoms in total. The van der Waals surface area contributed by atoms with Crippen LogP contribution in [0.2, 0.25) is 0 Å². The fraction of sp³-hybridized carbons (Fsp3) is 0.611. The Balaban J connectivity index is 5.18. The van der Waals surface area contributed by atoms with Crippen LogP contribution in [0.1, 0.15) is 19.3 Å². The van der Waals surface area contributed by atoms with Crippen molar-refractivity contribution in [3.8, 4) is 0 Å². The van der Waals surface area contributed by atoms with E-state index in [0.29, 0.717) is 6.42 Å². The molecule has 5 amide bonds. The second kappa shape index (κ2) is 17.2. The van der Waals surface area contributed by atoms with E-state index < -0.39 is 72.6 Å². The van der Waals surface area contributed by atoms with Crippen LogP contribution in [0.4, 0.5) is 0 Å². The molecule has 0 unspecified atom stereocenters. The van der Waals surface area contributed by atoms with E-state index in [0.717, 1.165) is 0 Å². The molecule has 0 spiro atoms. The van der Waals surface area contributed by atoms with Gasteiger partial charge in [-0.25, -0.2) is 4.79 Å². The molecule has 0 fully saturated rings. The lowest BCUT2D eigenvalue weighted by Crippen LogP contribution is -2.56. The number of hydrogen-bond acceptors (Lipinski definition) is 10. The number of amides is 5. The number of aliphatic imine (C=N–C) groups is 1. The van der Waals surface area contributed by atoms with Crippen molar-refractivity contribution >= 4 is 66.7 Å². The highest BCUT2D eigenvalue weighted by Gasteiger charge is 2.28. The van der Waals surface area contributed by atoms with Crippen LogP contribution in [-0.2, 0) is 28.8 Å². The highest BCUT2D eigenvalue weighted by Crippen LogP contribution is 2.01. The van der Waals surface area contributed by atoms with Gasteiger partial charge in [0.25, 0.3) is 0 Å². The van der Waals surface area contributed by atoms with Gasteiger partial charge in [0, 0.05) is 18.1 Å². The highest BCUT2D eigenvalue weighted by atomic mass is 32.1. The minimum Gasteiger partial charge on any atom is -0.480 e. The summed E-state index contributed by atoms with van der Waals surface area (Å²) in [6.45, 7) is -0.468. The molecule has 36 heavy (non-hydrogen) atoms. The summed E-state index contributed by atoms with van der Waals surface area (Å²) in [5, 5.41) is 18.1. The van der Waals surface area contributed by atoms with Gasteiger partial charge in [-0.15, -0.1) is 0 Å². The number of hydrogen-bond donors (Lipinski definition) is 11. The normalized spacial score (nSPS) is 13.8. The van der Waals surface area contributed by atoms with Crippen LogP contribution in [0.3, 0.4) is 0 Å². The van der Waals surface area contributed by atoms with Crippen LogP contribution < -0.4 is 44.2 Å². The van der Waals surface area contributed by atoms with Gasteiger partial charge >= 0.3 is 5.97 Å². The first kappa shape index (κ1) is 32.8. The van der Waals surface area contributed by atoms with Crippen molar-refractivity contribution in [3.63, 3.8) is 0 Å². The molecule has 0 aliphatic carbocycles. The van der Waals surface area contributed by atoms with Crippen LogP contribution in [0, 0.1) is 0 Å². The lowest BCUT2D eigenvalue weighted by Gasteiger charge is -2.21. The zero-order chi connectivity index (χ0) is 27.8. The Hall–Kier alpha value is -3.25. The average molecular weight is 552 g/mol. The molecule has 0 aromatic carbocycles. The largest absolute Gasteiger partial charge is 0.480 e. The number of guanidine groups is 1. The van der Waals surface area contributed by atoms with Gasteiger partial charge in [0.2, 0.25) is 29.5 Å². The Morgan fingerprint density at radius 2 is 1.44 bits per heavy atom. The number of carboxylic acids is 1. The minimum atomic E-state index is -1.50. The number of thiol groups is 2. The van der Waals surface area contributed by atoms with Gasteiger partial charge in [-0.05, 0) is 12.8 Å². The van der Waals surface area contributed by atoms with Crippen molar-refractivity contribution in [1.82, 2.24) is 21.3 Å². The number of carboxylic acid groups (broad SMARTS) is 1. The third-order valence-corrected chi connectivity index (χ3v) is 5.15. The van der Waals surface area contributed by atoms with E-state index in [1.165, 1.54) is 0 Å². The summed E-state index contributed by atoms with van der Waals surface area (Å²) in [5.74, 6) is -5.95. The molecule has 0 rings (SSSR count). The monoisotopic (exact) mass is 551 g/mol. The SMILES string of the molecule is NC(=O)C[C@@H](NC(=O)CNC(=O)[C@@H](CCCN=C(N)N)NC(=O)[C@@H](N)CS)C(=O)N[C@@H](CS)C(=O)O. The topological polar surface area (TPSA) is 287 Å². The molecule has 0 aromatic rings. The Labute approximate surface area is 217 Å². The van der Waals surface area contributed by atoms with Gasteiger partial charge in [0.1, 0.15) is 18.1 Å². The van der Waals surface area contributed by atoms with Gasteiger partial charge in [-0.1, -0.05) is 0 Å². The molecular formula is C18H33N9O7S2. The summed E-state index contributed by atoms with van der Waals surface area (Å²) in [5.41, 5.74) is 21.2. The molecule has 0 heterocycles. The summed E-state index contributed by atoms with van der Waals surface area (Å²) < 4.78 is 0. The first-order valence-corrected chi connectivity index (χ1v) is 11.8. The van der Waals surface area contributed by atoms with Crippen molar-refractivity contribution in [2.45, 2.75) is 43.4 Å². The Kier molecular flexibility index (Phi) is 15.7. The number of rotatable bonds is 17. The Bertz CT molecular complexity index is 840. The van der Waals surface area contributed by atoms with E-state index in [2.05, 4.69) is 51.5 Å². The number of aliphatic carboxylic acids is 1. The third-order valence-electron chi connectivity index (χ3n) is 4.39. The zero-order valence-electron chi connectivity index (χ0n) is 19.3. The number of carbonyl (C=O) groups excluding carboxylic acids is 5. The van der Waals surface area contributed by atoms with Crippen molar-refractivity contribution < 1.29 is 33.9 Å². The Morgan fingerprint density at radius 1 is 0.833 bits per heavy atom. The predicted molar refractivity (Wildman–Crippen MR) is 136 cm³/mol. The smallest absolute Gasteiger partial charge is 0.327 e. The number of nitrogens with zero attached hydrogens (tertiary/aromatic N) is 1. The number of carbonyl (C=O) groups is 6. The fourth-order valence-electron chi connectivity index (χ4n) is 2.54. The molecule has 13 N–H and O–H groups in total. The van der Waals surface area contributed by atoms with E-state index in [1.807, 2.05) is 0 Å². The van der Waals surface area contributed by atoms with E-state index in [9.17, 15) is 28.8 Å². The van der Waals surface area contributed by atoms with E-state index in [-0.39, 0.29) is 30.4 Å². The second-order valence-corrected chi connectivity index (χ2v) is 8.12. The second-order valence-electron chi connectivity index (χ2n) is 7.39. The summed E-state index contributed by atoms with van der Waals surface area (Å²) in [6, 6.07) is -4.96. The van der Waals surface area contributed by atoms with Crippen molar-refractivity contribution in [3.05, 3.63) is 0 Å². The van der Waals surface area contributed by atoms with Gasteiger partial charge < -0.3 is 49.3 Å². The Morgan fingerprint density at radius 3 is 1.94 bits per heavy atom. The minimum absolute atomic E-state index is 0.0237. The van der Waals surface area contributed by atoms with Crippen molar-refractivity contribution in [2.75, 3.05) is 24.6 Å². The summed E-state index contributed by atoms with van der Waals surface area (Å²) in [6.07, 6.45) is -0.229. The van der Waals surface area contributed by atoms with E-state index in [1.54, 1.807) is 0 Å². The van der Waals surface area contributed by atoms with Gasteiger partial charge in [0.05, 0.1) is 19.0 Å². The summed E-state index contributed by atoms with van der Waals surface area (Å²) in [4.78, 5) is 75.5. The van der Waals surface area contributed by atoms with Gasteiger partial charge in [-0.3, -0.25) is 29.0 Å². The van der Waals surface area contributed by atoms with Crippen LogP contribution >= 0.6 is 25.3 Å². The summed E-state index contributed by atoms with van der Waals surface area (Å²) >= 11 is 7.74. The maximum Gasteiger partial charge on any atom is 0.327 e. The highest BCUT2D eigenvalue weighted by molar-refractivity contribution is 7.80. The quantitative estimate of drug-likeness (QED) is 0.0353. The maximum atomic E-state index is 12.6. The number of nitrogens with two attached hydrogens (primary N) is 4. The summed E-state index contributed by atoms with van der Waals surface area (Å²) in [7, 11) is 0. The average Bonchev–Trinajstić information content (AvgIpc) is 2.80. The van der Waals surface area contributed by atoms with Crippen LogP contribution in [0.5, 0.6) is 0 Å². The lowest BCUT2D eigenvalue weighted by molar-refractivity contribution is -0.141. The molecule has 0 aliphatic heterocycles. The van der Waals surface area contributed by atoms with Gasteiger partial charge in [0.15, 0.2) is 5.96 Å². The first-order chi connectivity index (χ1) is 16.8. The maximum absolute atomic E-state index is 12.6. The molecule has 0 radical (unpaired) electrons. The third kappa shape index (κ3) is 13.6. The molecular weight excluding hydrogens is 518 g/mol. The van der Waals surface area contributed by atoms with Crippen LogP contribution in [0.25, 0.3) is 0 Å². The molecule has 204 valence electrons. The van der Waals surface area contributed by atoms with E-state index in [4.69, 9.17) is 28.0 Å². The molecule has 0 bridgehead atoms. The fourth-order valence-corrected chi connectivity index (χ4v) is 2.95. The van der Waals surface area contributed by atoms with E-state index >= 15 is 0 Å². The molecule has 0 saturated carbocycles. The molecule has 4 atom stereocenters. The molecule has 0 saturated heterocycles. The number of primary amides is 1. The number of nitrogens with one attached hydrogen (secondary N) is 4. The lowest BCUT2D eigenvalue weighted by atomic mass is 10.1. The standard InChI is InChI=1S/C18H33N9O7S2/c19-8(6-35)14(30)26-9(2-1-3-23-18(21)22)15(31)24-5-13(29)25-10(4-12(20)28)16(32)27-11(7-36)17(33)34/h8-11,35-36H,1-7,19H2,(H2,20,28)(H,24,31)(H,25,29)(H,26,30)(H,27,32)(H,33,34)(H4,21,22,23)/t8-,9+,10+,11-/m0/s1. The van der Waals surface area contributed by atoms with Crippen molar-refractivity contribution in [1.29, 1.82) is 0 Å². The van der Waals surface area contributed by atoms with Crippen LogP contribution in [-0.4, -0.2) is 95.3 Å². The first-order valence-electron chi connectivity index (χ1n) is 10.5. The predicted octanol–water partition coefficient (Wildman–Crippen LogP) is -5.24. The molecule has 18 heteroatoms. The molecule has 0 aliphatic rings. The zero-order valence-corrected chi connectivity index (χ0v) is 21.1. The van der Waals surface area contributed by atoms with Crippen molar-refractivity contribution in [2.24, 2.45) is 27.9 Å². The van der Waals surface area contributed by atoms with Gasteiger partial charge in [-0.2, -0.15) is 25.3 Å². The van der Waals surface area contributed by atoms with Crippen LogP contribution in [0.15, 0.2) is 4.99 Å².